The smallest absolute Gasteiger partial charge is 0.251 e. The third kappa shape index (κ3) is 5.16. The predicted octanol–water partition coefficient (Wildman–Crippen LogP) is 2.94. The zero-order valence-electron chi connectivity index (χ0n) is 14.5. The third-order valence-corrected chi connectivity index (χ3v) is 4.31. The van der Waals surface area contributed by atoms with Gasteiger partial charge in [0, 0.05) is 21.3 Å². The van der Waals surface area contributed by atoms with Gasteiger partial charge in [0.15, 0.2) is 0 Å². The van der Waals surface area contributed by atoms with Gasteiger partial charge in [0.05, 0.1) is 0 Å². The maximum atomic E-state index is 12.6. The first-order valence-corrected chi connectivity index (χ1v) is 8.84. The lowest BCUT2D eigenvalue weighted by Gasteiger charge is -2.22. The highest BCUT2D eigenvalue weighted by atomic mass is 79.9. The Balaban J connectivity index is 2.08. The van der Waals surface area contributed by atoms with Crippen LogP contribution in [0.2, 0.25) is 0 Å². The molecule has 6 nitrogen and oxygen atoms in total. The largest absolute Gasteiger partial charge is 0.366 e. The topological polar surface area (TPSA) is 101 Å². The summed E-state index contributed by atoms with van der Waals surface area (Å²) < 4.78 is 0.867. The molecule has 7 heteroatoms. The summed E-state index contributed by atoms with van der Waals surface area (Å²) in [5.74, 6) is -1.31. The number of nitrogens with one attached hydrogen (secondary N) is 2. The molecule has 0 radical (unpaired) electrons. The van der Waals surface area contributed by atoms with Gasteiger partial charge in [-0.2, -0.15) is 0 Å². The van der Waals surface area contributed by atoms with Crippen LogP contribution in [0.3, 0.4) is 0 Å². The molecule has 0 aliphatic heterocycles. The maximum Gasteiger partial charge on any atom is 0.251 e. The van der Waals surface area contributed by atoms with E-state index in [0.29, 0.717) is 16.8 Å². The second-order valence-electron chi connectivity index (χ2n) is 6.13. The number of halogens is 1. The van der Waals surface area contributed by atoms with Crippen molar-refractivity contribution in [1.29, 1.82) is 0 Å². The Hall–Kier alpha value is -2.67. The lowest BCUT2D eigenvalue weighted by molar-refractivity contribution is -0.118. The molecule has 2 aromatic rings. The lowest BCUT2D eigenvalue weighted by Crippen LogP contribution is -2.47. The summed E-state index contributed by atoms with van der Waals surface area (Å²) in [6, 6.07) is 12.4. The summed E-state index contributed by atoms with van der Waals surface area (Å²) in [6.07, 6.45) is 0. The Bertz CT molecular complexity index is 802. The summed E-state index contributed by atoms with van der Waals surface area (Å²) in [5.41, 5.74) is 6.54. The Kier molecular flexibility index (Phi) is 6.52. The van der Waals surface area contributed by atoms with Crippen molar-refractivity contribution in [1.82, 2.24) is 5.32 Å². The van der Waals surface area contributed by atoms with Crippen molar-refractivity contribution in [3.8, 4) is 0 Å². The number of hydrogen-bond acceptors (Lipinski definition) is 3. The fraction of sp³-hybridized carbons (Fsp3) is 0.211. The Morgan fingerprint density at radius 3 is 1.96 bits per heavy atom. The standard InChI is InChI=1S/C19H20BrN3O3/c1-11(2)16(23-18(25)13-3-7-14(20)8-4-13)19(26)22-15-9-5-12(6-10-15)17(21)24/h3-11,16H,1-2H3,(H2,21,24)(H,22,26)(H,23,25)/t16-/m0/s1. The van der Waals surface area contributed by atoms with E-state index in [1.54, 1.807) is 36.4 Å². The van der Waals surface area contributed by atoms with Crippen LogP contribution < -0.4 is 16.4 Å². The predicted molar refractivity (Wildman–Crippen MR) is 104 cm³/mol. The van der Waals surface area contributed by atoms with E-state index in [4.69, 9.17) is 5.73 Å². The first-order valence-electron chi connectivity index (χ1n) is 8.05. The quantitative estimate of drug-likeness (QED) is 0.672. The molecule has 2 aromatic carbocycles. The van der Waals surface area contributed by atoms with Gasteiger partial charge in [-0.05, 0) is 54.4 Å². The molecule has 0 saturated carbocycles. The SMILES string of the molecule is CC(C)[C@H](NC(=O)c1ccc(Br)cc1)C(=O)Nc1ccc(C(N)=O)cc1. The Morgan fingerprint density at radius 1 is 0.923 bits per heavy atom. The number of rotatable bonds is 6. The van der Waals surface area contributed by atoms with E-state index in [0.717, 1.165) is 4.47 Å². The molecule has 0 spiro atoms. The van der Waals surface area contributed by atoms with E-state index in [9.17, 15) is 14.4 Å². The molecule has 2 rings (SSSR count). The van der Waals surface area contributed by atoms with Gasteiger partial charge >= 0.3 is 0 Å². The van der Waals surface area contributed by atoms with Crippen LogP contribution >= 0.6 is 15.9 Å². The first-order chi connectivity index (χ1) is 12.3. The summed E-state index contributed by atoms with van der Waals surface area (Å²) in [4.78, 5) is 36.1. The molecule has 3 amide bonds. The summed E-state index contributed by atoms with van der Waals surface area (Å²) in [6.45, 7) is 3.70. The van der Waals surface area contributed by atoms with Crippen molar-refractivity contribution in [3.63, 3.8) is 0 Å². The summed E-state index contributed by atoms with van der Waals surface area (Å²) in [5, 5.41) is 5.50. The molecule has 0 saturated heterocycles. The zero-order valence-corrected chi connectivity index (χ0v) is 16.0. The molecule has 0 aromatic heterocycles. The van der Waals surface area contributed by atoms with Crippen LogP contribution in [0.5, 0.6) is 0 Å². The van der Waals surface area contributed by atoms with Gasteiger partial charge in [0.25, 0.3) is 5.91 Å². The van der Waals surface area contributed by atoms with Crippen LogP contribution in [0.25, 0.3) is 0 Å². The minimum atomic E-state index is -0.707. The van der Waals surface area contributed by atoms with Crippen molar-refractivity contribution in [3.05, 3.63) is 64.1 Å². The van der Waals surface area contributed by atoms with Crippen molar-refractivity contribution in [2.24, 2.45) is 11.7 Å². The van der Waals surface area contributed by atoms with E-state index < -0.39 is 11.9 Å². The molecular weight excluding hydrogens is 398 g/mol. The van der Waals surface area contributed by atoms with E-state index in [2.05, 4.69) is 26.6 Å². The van der Waals surface area contributed by atoms with Crippen LogP contribution in [-0.2, 0) is 4.79 Å². The van der Waals surface area contributed by atoms with Crippen molar-refractivity contribution in [2.45, 2.75) is 19.9 Å². The minimum absolute atomic E-state index is 0.112. The number of primary amides is 1. The zero-order chi connectivity index (χ0) is 19.3. The molecule has 0 aliphatic rings. The molecule has 26 heavy (non-hydrogen) atoms. The average molecular weight is 418 g/mol. The van der Waals surface area contributed by atoms with Crippen molar-refractivity contribution < 1.29 is 14.4 Å². The van der Waals surface area contributed by atoms with Gasteiger partial charge in [0.1, 0.15) is 6.04 Å². The molecule has 0 unspecified atom stereocenters. The van der Waals surface area contributed by atoms with Crippen LogP contribution in [0, 0.1) is 5.92 Å². The Morgan fingerprint density at radius 2 is 1.46 bits per heavy atom. The van der Waals surface area contributed by atoms with Gasteiger partial charge in [0.2, 0.25) is 11.8 Å². The number of amides is 3. The van der Waals surface area contributed by atoms with Crippen LogP contribution in [-0.4, -0.2) is 23.8 Å². The van der Waals surface area contributed by atoms with Crippen LogP contribution in [0.15, 0.2) is 53.0 Å². The second kappa shape index (κ2) is 8.62. The monoisotopic (exact) mass is 417 g/mol. The highest BCUT2D eigenvalue weighted by Gasteiger charge is 2.24. The van der Waals surface area contributed by atoms with Gasteiger partial charge in [-0.1, -0.05) is 29.8 Å². The Labute approximate surface area is 160 Å². The van der Waals surface area contributed by atoms with Crippen LogP contribution in [0.4, 0.5) is 5.69 Å². The number of carbonyl (C=O) groups excluding carboxylic acids is 3. The normalized spacial score (nSPS) is 11.7. The van der Waals surface area contributed by atoms with E-state index in [1.807, 2.05) is 13.8 Å². The van der Waals surface area contributed by atoms with E-state index in [1.165, 1.54) is 12.1 Å². The lowest BCUT2D eigenvalue weighted by atomic mass is 10.0. The second-order valence-corrected chi connectivity index (χ2v) is 7.05. The molecule has 0 bridgehead atoms. The molecule has 0 heterocycles. The highest BCUT2D eigenvalue weighted by molar-refractivity contribution is 9.10. The minimum Gasteiger partial charge on any atom is -0.366 e. The highest BCUT2D eigenvalue weighted by Crippen LogP contribution is 2.14. The molecule has 4 N–H and O–H groups in total. The van der Waals surface area contributed by atoms with Gasteiger partial charge < -0.3 is 16.4 Å². The summed E-state index contributed by atoms with van der Waals surface area (Å²) in [7, 11) is 0. The number of nitrogens with two attached hydrogens (primary N) is 1. The first kappa shape index (κ1) is 19.7. The molecule has 1 atom stereocenters. The van der Waals surface area contributed by atoms with E-state index in [-0.39, 0.29) is 17.7 Å². The number of hydrogen-bond donors (Lipinski definition) is 3. The number of benzene rings is 2. The van der Waals surface area contributed by atoms with E-state index >= 15 is 0 Å². The van der Waals surface area contributed by atoms with Crippen LogP contribution in [0.1, 0.15) is 34.6 Å². The molecule has 136 valence electrons. The van der Waals surface area contributed by atoms with Gasteiger partial charge in [-0.3, -0.25) is 14.4 Å². The van der Waals surface area contributed by atoms with Gasteiger partial charge in [-0.25, -0.2) is 0 Å². The number of anilines is 1. The molecule has 0 aliphatic carbocycles. The summed E-state index contributed by atoms with van der Waals surface area (Å²) >= 11 is 3.32. The maximum absolute atomic E-state index is 12.6. The number of carbonyl (C=O) groups is 3. The molecular formula is C19H20BrN3O3. The average Bonchev–Trinajstić information content (AvgIpc) is 2.60. The fourth-order valence-electron chi connectivity index (χ4n) is 2.30. The third-order valence-electron chi connectivity index (χ3n) is 3.78. The fourth-order valence-corrected chi connectivity index (χ4v) is 2.56. The van der Waals surface area contributed by atoms with Crippen molar-refractivity contribution >= 4 is 39.3 Å². The molecule has 0 fully saturated rings. The van der Waals surface area contributed by atoms with Gasteiger partial charge in [-0.15, -0.1) is 0 Å². The van der Waals surface area contributed by atoms with Crippen molar-refractivity contribution in [2.75, 3.05) is 5.32 Å².